The standard InChI is InChI=1S/C26H23F7N8O3S/c1-25(29,30)44-18-3-4-19(28)14(8-18)10-35-22(42)20-13-41(40-37-20)12-16(27)2-5-21-38-39-24(45-21)23(43)36-11-17-9-15(6-7-34-17)26(31,32)33/h3-4,6-9,13,16H,2,5,10-12H2,1H3,(H,35,42)(H,36,43). The van der Waals surface area contributed by atoms with E-state index in [1.165, 1.54) is 6.20 Å². The lowest BCUT2D eigenvalue weighted by molar-refractivity contribution is -0.159. The summed E-state index contributed by atoms with van der Waals surface area (Å²) in [5.74, 6) is -2.52. The largest absolute Gasteiger partial charge is 0.433 e. The Labute approximate surface area is 253 Å². The number of hydrogen-bond acceptors (Lipinski definition) is 9. The average Bonchev–Trinajstić information content (AvgIpc) is 3.64. The van der Waals surface area contributed by atoms with E-state index in [9.17, 15) is 40.3 Å². The van der Waals surface area contributed by atoms with E-state index in [0.29, 0.717) is 11.9 Å². The summed E-state index contributed by atoms with van der Waals surface area (Å²) in [5.41, 5.74) is -1.23. The third kappa shape index (κ3) is 9.91. The molecule has 0 fully saturated rings. The van der Waals surface area contributed by atoms with Crippen molar-refractivity contribution in [1.82, 2.24) is 40.8 Å². The maximum atomic E-state index is 14.6. The molecule has 0 saturated heterocycles. The molecule has 3 heterocycles. The lowest BCUT2D eigenvalue weighted by atomic mass is 10.2. The molecule has 4 aromatic rings. The van der Waals surface area contributed by atoms with Crippen molar-refractivity contribution >= 4 is 23.2 Å². The predicted octanol–water partition coefficient (Wildman–Crippen LogP) is 4.50. The van der Waals surface area contributed by atoms with Gasteiger partial charge in [0.15, 0.2) is 5.69 Å². The van der Waals surface area contributed by atoms with E-state index in [4.69, 9.17) is 0 Å². The third-order valence-corrected chi connectivity index (χ3v) is 6.80. The van der Waals surface area contributed by atoms with Gasteiger partial charge < -0.3 is 15.4 Å². The van der Waals surface area contributed by atoms with Gasteiger partial charge in [0.05, 0.1) is 30.5 Å². The quantitative estimate of drug-likeness (QED) is 0.200. The monoisotopic (exact) mass is 660 g/mol. The Morgan fingerprint density at radius 3 is 2.51 bits per heavy atom. The maximum Gasteiger partial charge on any atom is 0.416 e. The summed E-state index contributed by atoms with van der Waals surface area (Å²) in [4.78, 5) is 28.5. The SMILES string of the molecule is CC(F)(F)Oc1ccc(F)c(CNC(=O)c2cn(CC(F)CCc3nnc(C(=O)NCc4cc(C(F)(F)F)ccn4)s3)nn2)c1. The van der Waals surface area contributed by atoms with Crippen LogP contribution in [-0.4, -0.2) is 54.3 Å². The van der Waals surface area contributed by atoms with E-state index < -0.39 is 41.7 Å². The number of benzene rings is 1. The molecule has 0 aliphatic rings. The van der Waals surface area contributed by atoms with Gasteiger partial charge in [-0.2, -0.15) is 22.0 Å². The van der Waals surface area contributed by atoms with Crippen LogP contribution in [0.2, 0.25) is 0 Å². The van der Waals surface area contributed by atoms with Crippen molar-refractivity contribution in [2.45, 2.75) is 57.9 Å². The topological polar surface area (TPSA) is 137 Å². The van der Waals surface area contributed by atoms with Crippen LogP contribution in [0.4, 0.5) is 30.7 Å². The first-order chi connectivity index (χ1) is 21.2. The molecule has 0 aliphatic carbocycles. The van der Waals surface area contributed by atoms with E-state index in [0.717, 1.165) is 52.5 Å². The number of aryl methyl sites for hydroxylation is 1. The zero-order valence-corrected chi connectivity index (χ0v) is 23.9. The number of alkyl halides is 6. The first kappa shape index (κ1) is 33.2. The zero-order valence-electron chi connectivity index (χ0n) is 23.1. The van der Waals surface area contributed by atoms with Crippen LogP contribution in [0.1, 0.15) is 55.5 Å². The third-order valence-electron chi connectivity index (χ3n) is 5.82. The van der Waals surface area contributed by atoms with Crippen LogP contribution in [0.5, 0.6) is 5.75 Å². The van der Waals surface area contributed by atoms with E-state index in [-0.39, 0.29) is 60.2 Å². The highest BCUT2D eigenvalue weighted by molar-refractivity contribution is 7.13. The van der Waals surface area contributed by atoms with Gasteiger partial charge in [-0.3, -0.25) is 14.6 Å². The highest BCUT2D eigenvalue weighted by Crippen LogP contribution is 2.29. The molecule has 0 bridgehead atoms. The molecule has 1 aromatic carbocycles. The van der Waals surface area contributed by atoms with Gasteiger partial charge in [0, 0.05) is 31.6 Å². The summed E-state index contributed by atoms with van der Waals surface area (Å²) >= 11 is 0.887. The fraction of sp³-hybridized carbons (Fsp3) is 0.346. The second-order valence-electron chi connectivity index (χ2n) is 9.52. The molecule has 2 amide bonds. The first-order valence-corrected chi connectivity index (χ1v) is 13.8. The smallest absolute Gasteiger partial charge is 0.416 e. The van der Waals surface area contributed by atoms with Gasteiger partial charge in [-0.25, -0.2) is 13.5 Å². The summed E-state index contributed by atoms with van der Waals surface area (Å²) in [6.45, 7) is -0.412. The highest BCUT2D eigenvalue weighted by Gasteiger charge is 2.30. The molecule has 2 N–H and O–H groups in total. The van der Waals surface area contributed by atoms with Crippen LogP contribution in [0, 0.1) is 5.82 Å². The molecule has 3 aromatic heterocycles. The van der Waals surface area contributed by atoms with Crippen molar-refractivity contribution in [3.8, 4) is 5.75 Å². The Balaban J connectivity index is 1.22. The lowest BCUT2D eigenvalue weighted by Crippen LogP contribution is -2.24. The summed E-state index contributed by atoms with van der Waals surface area (Å²) in [6, 6.07) is 4.58. The van der Waals surface area contributed by atoms with Gasteiger partial charge in [-0.15, -0.1) is 15.3 Å². The molecule has 19 heteroatoms. The van der Waals surface area contributed by atoms with E-state index in [1.807, 2.05) is 0 Å². The van der Waals surface area contributed by atoms with Crippen LogP contribution in [0.15, 0.2) is 42.7 Å². The van der Waals surface area contributed by atoms with Crippen LogP contribution < -0.4 is 15.4 Å². The second-order valence-corrected chi connectivity index (χ2v) is 10.6. The van der Waals surface area contributed by atoms with E-state index >= 15 is 0 Å². The molecule has 0 aliphatic heterocycles. The van der Waals surface area contributed by atoms with Crippen LogP contribution in [0.3, 0.4) is 0 Å². The summed E-state index contributed by atoms with van der Waals surface area (Å²) < 4.78 is 98.8. The van der Waals surface area contributed by atoms with Crippen molar-refractivity contribution in [2.24, 2.45) is 0 Å². The Bertz CT molecular complexity index is 1640. The fourth-order valence-corrected chi connectivity index (χ4v) is 4.50. The summed E-state index contributed by atoms with van der Waals surface area (Å²) in [5, 5.41) is 20.0. The molecule has 1 unspecified atom stereocenters. The molecule has 240 valence electrons. The summed E-state index contributed by atoms with van der Waals surface area (Å²) in [7, 11) is 0. The number of nitrogens with zero attached hydrogens (tertiary/aromatic N) is 6. The van der Waals surface area contributed by atoms with Crippen LogP contribution >= 0.6 is 11.3 Å². The Hall–Kier alpha value is -4.68. The maximum absolute atomic E-state index is 14.6. The molecule has 4 rings (SSSR count). The van der Waals surface area contributed by atoms with E-state index in [1.54, 1.807) is 0 Å². The fourth-order valence-electron chi connectivity index (χ4n) is 3.73. The number of ether oxygens (including phenoxy) is 1. The number of hydrogen-bond donors (Lipinski definition) is 2. The van der Waals surface area contributed by atoms with Crippen molar-refractivity contribution < 1.29 is 45.1 Å². The Kier molecular flexibility index (Phi) is 10.3. The number of halogens is 7. The molecule has 1 atom stereocenters. The van der Waals surface area contributed by atoms with Crippen molar-refractivity contribution in [3.63, 3.8) is 0 Å². The molecule has 11 nitrogen and oxygen atoms in total. The number of rotatable bonds is 13. The Morgan fingerprint density at radius 1 is 1.02 bits per heavy atom. The molecule has 45 heavy (non-hydrogen) atoms. The van der Waals surface area contributed by atoms with Crippen LogP contribution in [0.25, 0.3) is 0 Å². The minimum atomic E-state index is -4.55. The lowest BCUT2D eigenvalue weighted by Gasteiger charge is -2.14. The molecule has 0 saturated carbocycles. The number of carbonyl (C=O) groups is 2. The van der Waals surface area contributed by atoms with E-state index in [2.05, 4.69) is 40.9 Å². The molecule has 0 radical (unpaired) electrons. The van der Waals surface area contributed by atoms with Gasteiger partial charge in [-0.05, 0) is 36.8 Å². The summed E-state index contributed by atoms with van der Waals surface area (Å²) in [6.07, 6.45) is -7.31. The molecular weight excluding hydrogens is 637 g/mol. The van der Waals surface area contributed by atoms with Gasteiger partial charge in [-0.1, -0.05) is 16.6 Å². The minimum Gasteiger partial charge on any atom is -0.433 e. The van der Waals surface area contributed by atoms with Gasteiger partial charge in [0.2, 0.25) is 5.01 Å². The van der Waals surface area contributed by atoms with Crippen molar-refractivity contribution in [1.29, 1.82) is 0 Å². The Morgan fingerprint density at radius 2 is 1.78 bits per heavy atom. The van der Waals surface area contributed by atoms with Crippen LogP contribution in [-0.2, 0) is 32.2 Å². The van der Waals surface area contributed by atoms with Gasteiger partial charge in [0.25, 0.3) is 11.8 Å². The van der Waals surface area contributed by atoms with Crippen molar-refractivity contribution in [2.75, 3.05) is 0 Å². The number of nitrogens with one attached hydrogen (secondary N) is 2. The highest BCUT2D eigenvalue weighted by atomic mass is 32.1. The number of pyridine rings is 1. The average molecular weight is 661 g/mol. The predicted molar refractivity (Wildman–Crippen MR) is 142 cm³/mol. The number of amides is 2. The van der Waals surface area contributed by atoms with Gasteiger partial charge >= 0.3 is 12.3 Å². The first-order valence-electron chi connectivity index (χ1n) is 13.0. The zero-order chi connectivity index (χ0) is 32.8. The van der Waals surface area contributed by atoms with Crippen molar-refractivity contribution in [3.05, 3.63) is 81.1 Å². The van der Waals surface area contributed by atoms with Gasteiger partial charge in [0.1, 0.15) is 22.7 Å². The minimum absolute atomic E-state index is 0.00664. The second kappa shape index (κ2) is 14.0. The normalized spacial score (nSPS) is 12.5. The number of carbonyl (C=O) groups excluding carboxylic acids is 2. The number of aromatic nitrogens is 6. The molecular formula is C26H23F7N8O3S. The molecule has 0 spiro atoms.